The first-order valence-electron chi connectivity index (χ1n) is 5.43. The van der Waals surface area contributed by atoms with Crippen molar-refractivity contribution < 1.29 is 13.2 Å². The molecule has 0 spiro atoms. The van der Waals surface area contributed by atoms with Crippen molar-refractivity contribution in [2.24, 2.45) is 4.99 Å². The third-order valence-corrected chi connectivity index (χ3v) is 2.76. The van der Waals surface area contributed by atoms with Gasteiger partial charge in [0.1, 0.15) is 0 Å². The molecular weight excluding hydrogens is 275 g/mol. The highest BCUT2D eigenvalue weighted by Crippen LogP contribution is 2.31. The van der Waals surface area contributed by atoms with Gasteiger partial charge in [-0.25, -0.2) is 0 Å². The fraction of sp³-hybridized carbons (Fsp3) is 0.0714. The van der Waals surface area contributed by atoms with Crippen LogP contribution in [0, 0.1) is 0 Å². The van der Waals surface area contributed by atoms with Crippen molar-refractivity contribution in [3.05, 3.63) is 64.7 Å². The minimum absolute atomic E-state index is 0.0227. The molecule has 0 heterocycles. The smallest absolute Gasteiger partial charge is 0.256 e. The van der Waals surface area contributed by atoms with Crippen LogP contribution < -0.4 is 0 Å². The Kier molecular flexibility index (Phi) is 3.90. The Morgan fingerprint density at radius 3 is 2.26 bits per heavy atom. The monoisotopic (exact) mass is 283 g/mol. The lowest BCUT2D eigenvalue weighted by atomic mass is 10.1. The fourth-order valence-corrected chi connectivity index (χ4v) is 1.70. The molecule has 0 aliphatic heterocycles. The van der Waals surface area contributed by atoms with Gasteiger partial charge in [0, 0.05) is 16.8 Å². The number of hydrogen-bond acceptors (Lipinski definition) is 1. The number of halogens is 4. The summed E-state index contributed by atoms with van der Waals surface area (Å²) in [6.07, 6.45) is -2.95. The molecule has 0 radical (unpaired) electrons. The van der Waals surface area contributed by atoms with Crippen molar-refractivity contribution in [1.82, 2.24) is 0 Å². The molecule has 0 atom stereocenters. The predicted molar refractivity (Wildman–Crippen MR) is 70.2 cm³/mol. The maximum absolute atomic E-state index is 12.5. The molecule has 98 valence electrons. The number of hydrogen-bond donors (Lipinski definition) is 0. The molecule has 0 unspecified atom stereocenters. The van der Waals surface area contributed by atoms with Crippen LogP contribution in [0.4, 0.5) is 18.9 Å². The van der Waals surface area contributed by atoms with Gasteiger partial charge in [-0.3, -0.25) is 4.99 Å². The highest BCUT2D eigenvalue weighted by atomic mass is 35.5. The van der Waals surface area contributed by atoms with Crippen LogP contribution in [-0.2, 0) is 6.18 Å². The summed E-state index contributed by atoms with van der Waals surface area (Å²) < 4.78 is 37.4. The Morgan fingerprint density at radius 2 is 1.68 bits per heavy atom. The van der Waals surface area contributed by atoms with E-state index in [0.717, 1.165) is 12.1 Å². The van der Waals surface area contributed by atoms with Gasteiger partial charge in [0.15, 0.2) is 0 Å². The van der Waals surface area contributed by atoms with E-state index in [0.29, 0.717) is 11.3 Å². The second-order valence-corrected chi connectivity index (χ2v) is 4.23. The Morgan fingerprint density at radius 1 is 1.00 bits per heavy atom. The lowest BCUT2D eigenvalue weighted by Gasteiger charge is -2.07. The van der Waals surface area contributed by atoms with Crippen molar-refractivity contribution in [1.29, 1.82) is 0 Å². The average Bonchev–Trinajstić information content (AvgIpc) is 2.37. The molecule has 0 bridgehead atoms. The van der Waals surface area contributed by atoms with Crippen LogP contribution >= 0.6 is 11.6 Å². The zero-order valence-electron chi connectivity index (χ0n) is 9.66. The number of nitrogens with zero attached hydrogens (tertiary/aromatic N) is 1. The van der Waals surface area contributed by atoms with Gasteiger partial charge in [-0.05, 0) is 24.3 Å². The quantitative estimate of drug-likeness (QED) is 0.679. The van der Waals surface area contributed by atoms with Gasteiger partial charge in [0.2, 0.25) is 0 Å². The van der Waals surface area contributed by atoms with E-state index in [4.69, 9.17) is 11.6 Å². The number of rotatable bonds is 2. The molecule has 0 amide bonds. The molecule has 0 saturated carbocycles. The molecule has 1 nitrogen and oxygen atoms in total. The largest absolute Gasteiger partial charge is 0.416 e. The summed E-state index contributed by atoms with van der Waals surface area (Å²) in [6, 6.07) is 12.2. The second-order valence-electron chi connectivity index (χ2n) is 3.83. The maximum Gasteiger partial charge on any atom is 0.416 e. The first-order chi connectivity index (χ1) is 8.97. The highest BCUT2D eigenvalue weighted by Gasteiger charge is 2.30. The Balaban J connectivity index is 2.25. The lowest BCUT2D eigenvalue weighted by molar-refractivity contribution is -0.137. The average molecular weight is 284 g/mol. The Bertz CT molecular complexity index is 591. The van der Waals surface area contributed by atoms with Crippen molar-refractivity contribution in [3.63, 3.8) is 0 Å². The fourth-order valence-electron chi connectivity index (χ4n) is 1.47. The van der Waals surface area contributed by atoms with Gasteiger partial charge >= 0.3 is 6.18 Å². The number of para-hydroxylation sites is 1. The van der Waals surface area contributed by atoms with Crippen molar-refractivity contribution >= 4 is 23.5 Å². The van der Waals surface area contributed by atoms with E-state index in [1.807, 2.05) is 18.2 Å². The van der Waals surface area contributed by atoms with E-state index >= 15 is 0 Å². The molecule has 2 rings (SSSR count). The summed E-state index contributed by atoms with van der Waals surface area (Å²) in [5.74, 6) is 0. The molecule has 19 heavy (non-hydrogen) atoms. The van der Waals surface area contributed by atoms with Gasteiger partial charge in [0.05, 0.1) is 11.3 Å². The highest BCUT2D eigenvalue weighted by molar-refractivity contribution is 6.33. The molecule has 0 aliphatic carbocycles. The van der Waals surface area contributed by atoms with E-state index in [2.05, 4.69) is 4.99 Å². The van der Waals surface area contributed by atoms with Crippen LogP contribution in [0.2, 0.25) is 5.02 Å². The van der Waals surface area contributed by atoms with Crippen LogP contribution in [0.1, 0.15) is 11.1 Å². The molecule has 5 heteroatoms. The van der Waals surface area contributed by atoms with Crippen LogP contribution in [0.25, 0.3) is 0 Å². The van der Waals surface area contributed by atoms with Crippen LogP contribution in [0.15, 0.2) is 53.5 Å². The number of aliphatic imine (C=N–C) groups is 1. The second kappa shape index (κ2) is 5.45. The predicted octanol–water partition coefficient (Wildman–Crippen LogP) is 5.11. The zero-order chi connectivity index (χ0) is 13.9. The summed E-state index contributed by atoms with van der Waals surface area (Å²) in [4.78, 5) is 4.14. The molecule has 0 aromatic heterocycles. The molecule has 2 aromatic rings. The van der Waals surface area contributed by atoms with Crippen LogP contribution in [0.5, 0.6) is 0 Å². The summed E-state index contributed by atoms with van der Waals surface area (Å²) in [5.41, 5.74) is 0.381. The Hall–Kier alpha value is -1.81. The van der Waals surface area contributed by atoms with E-state index in [1.54, 1.807) is 12.1 Å². The third kappa shape index (κ3) is 3.58. The van der Waals surface area contributed by atoms with Crippen LogP contribution in [0.3, 0.4) is 0 Å². The minimum Gasteiger partial charge on any atom is -0.256 e. The molecule has 2 aromatic carbocycles. The minimum atomic E-state index is -4.39. The molecule has 0 aliphatic rings. The molecule has 0 N–H and O–H groups in total. The van der Waals surface area contributed by atoms with Crippen molar-refractivity contribution in [2.45, 2.75) is 6.18 Å². The van der Waals surface area contributed by atoms with E-state index in [-0.39, 0.29) is 5.02 Å². The zero-order valence-corrected chi connectivity index (χ0v) is 10.4. The SMILES string of the molecule is FC(F)(F)c1ccc(C=Nc2ccccc2)c(Cl)c1. The van der Waals surface area contributed by atoms with Gasteiger partial charge in [-0.2, -0.15) is 13.2 Å². The standard InChI is InChI=1S/C14H9ClF3N/c15-13-8-11(14(16,17)18)7-6-10(13)9-19-12-4-2-1-3-5-12/h1-9H. The van der Waals surface area contributed by atoms with Gasteiger partial charge in [-0.15, -0.1) is 0 Å². The summed E-state index contributed by atoms with van der Waals surface area (Å²) in [7, 11) is 0. The lowest BCUT2D eigenvalue weighted by Crippen LogP contribution is -2.04. The molecule has 0 fully saturated rings. The van der Waals surface area contributed by atoms with Gasteiger partial charge in [0.25, 0.3) is 0 Å². The first-order valence-corrected chi connectivity index (χ1v) is 5.80. The third-order valence-electron chi connectivity index (χ3n) is 2.44. The topological polar surface area (TPSA) is 12.4 Å². The molecular formula is C14H9ClF3N. The van der Waals surface area contributed by atoms with E-state index < -0.39 is 11.7 Å². The van der Waals surface area contributed by atoms with Gasteiger partial charge in [-0.1, -0.05) is 35.9 Å². The summed E-state index contributed by atoms with van der Waals surface area (Å²) in [5, 5.41) is 0.0227. The number of benzene rings is 2. The maximum atomic E-state index is 12.5. The normalized spacial score (nSPS) is 12.0. The number of alkyl halides is 3. The summed E-state index contributed by atoms with van der Waals surface area (Å²) in [6.45, 7) is 0. The van der Waals surface area contributed by atoms with Crippen molar-refractivity contribution in [3.8, 4) is 0 Å². The van der Waals surface area contributed by atoms with Gasteiger partial charge < -0.3 is 0 Å². The van der Waals surface area contributed by atoms with Crippen molar-refractivity contribution in [2.75, 3.05) is 0 Å². The first kappa shape index (κ1) is 13.6. The molecule has 0 saturated heterocycles. The Labute approximate surface area is 113 Å². The summed E-state index contributed by atoms with van der Waals surface area (Å²) >= 11 is 5.81. The van der Waals surface area contributed by atoms with E-state index in [9.17, 15) is 13.2 Å². The van der Waals surface area contributed by atoms with E-state index in [1.165, 1.54) is 12.3 Å². The van der Waals surface area contributed by atoms with Crippen LogP contribution in [-0.4, -0.2) is 6.21 Å².